The molecule has 1 amide bonds. The van der Waals surface area contributed by atoms with Crippen LogP contribution in [0, 0.1) is 12.3 Å². The number of aliphatic hydroxyl groups excluding tert-OH is 1. The number of terminal acetylenes is 1. The molecule has 1 aliphatic carbocycles. The zero-order valence-electron chi connectivity index (χ0n) is 18.0. The monoisotopic (exact) mass is 496 g/mol. The van der Waals surface area contributed by atoms with Gasteiger partial charge in [-0.05, 0) is 49.4 Å². The van der Waals surface area contributed by atoms with Crippen molar-refractivity contribution in [3.63, 3.8) is 0 Å². The predicted molar refractivity (Wildman–Crippen MR) is 128 cm³/mol. The molecule has 0 saturated heterocycles. The van der Waals surface area contributed by atoms with Crippen LogP contribution < -0.4 is 15.4 Å². The SMILES string of the molecule is C#CCC(=O)N[C@@H](Cc1ccccc1)[C@H](O)CN[C@H]1CC2(CCC2)Oc2ccc(Br)cc21. The molecule has 0 unspecified atom stereocenters. The van der Waals surface area contributed by atoms with Gasteiger partial charge in [-0.1, -0.05) is 52.2 Å². The van der Waals surface area contributed by atoms with E-state index in [0.29, 0.717) is 13.0 Å². The highest BCUT2D eigenvalue weighted by atomic mass is 79.9. The number of benzene rings is 2. The average molecular weight is 497 g/mol. The Morgan fingerprint density at radius 2 is 2.06 bits per heavy atom. The maximum atomic E-state index is 12.2. The molecule has 3 N–H and O–H groups in total. The Kier molecular flexibility index (Phi) is 7.20. The van der Waals surface area contributed by atoms with Crippen molar-refractivity contribution >= 4 is 21.8 Å². The lowest BCUT2D eigenvalue weighted by Crippen LogP contribution is -2.52. The van der Waals surface area contributed by atoms with E-state index < -0.39 is 12.1 Å². The standard InChI is InChI=1S/C26H29BrN2O3/c1-2-7-25(31)29-21(14-18-8-4-3-5-9-18)23(30)17-28-22-16-26(12-6-13-26)32-24-11-10-19(27)15-20(22)24/h1,3-5,8-11,15,21-23,28,30H,6-7,12-14,16-17H2,(H,29,31)/t21-,22-,23+/m0/s1. The Labute approximate surface area is 198 Å². The van der Waals surface area contributed by atoms with E-state index in [4.69, 9.17) is 11.2 Å². The van der Waals surface area contributed by atoms with Gasteiger partial charge in [0.25, 0.3) is 0 Å². The normalized spacial score (nSPS) is 20.2. The van der Waals surface area contributed by atoms with Gasteiger partial charge in [0.15, 0.2) is 0 Å². The molecule has 1 spiro atoms. The van der Waals surface area contributed by atoms with E-state index in [0.717, 1.165) is 40.6 Å². The van der Waals surface area contributed by atoms with Gasteiger partial charge in [-0.15, -0.1) is 6.42 Å². The van der Waals surface area contributed by atoms with Crippen molar-refractivity contribution in [2.24, 2.45) is 0 Å². The lowest BCUT2D eigenvalue weighted by Gasteiger charge is -2.48. The van der Waals surface area contributed by atoms with Crippen molar-refractivity contribution in [3.8, 4) is 18.1 Å². The van der Waals surface area contributed by atoms with E-state index in [1.165, 1.54) is 6.42 Å². The number of hydrogen-bond donors (Lipinski definition) is 3. The van der Waals surface area contributed by atoms with Gasteiger partial charge in [-0.2, -0.15) is 0 Å². The van der Waals surface area contributed by atoms with E-state index in [1.807, 2.05) is 42.5 Å². The molecule has 3 atom stereocenters. The first-order chi connectivity index (χ1) is 15.5. The van der Waals surface area contributed by atoms with Crippen molar-refractivity contribution in [2.45, 2.75) is 62.3 Å². The van der Waals surface area contributed by atoms with Crippen molar-refractivity contribution in [2.75, 3.05) is 6.54 Å². The minimum absolute atomic E-state index is 0.00464. The summed E-state index contributed by atoms with van der Waals surface area (Å²) in [6, 6.07) is 15.6. The number of carbonyl (C=O) groups excluding carboxylic acids is 1. The summed E-state index contributed by atoms with van der Waals surface area (Å²) in [5.41, 5.74) is 2.04. The highest BCUT2D eigenvalue weighted by Gasteiger charge is 2.45. The van der Waals surface area contributed by atoms with Crippen molar-refractivity contribution < 1.29 is 14.6 Å². The molecule has 4 rings (SSSR count). The molecule has 32 heavy (non-hydrogen) atoms. The Balaban J connectivity index is 1.47. The maximum absolute atomic E-state index is 12.2. The van der Waals surface area contributed by atoms with Crippen LogP contribution in [0.2, 0.25) is 0 Å². The number of fused-ring (bicyclic) bond motifs is 1. The highest BCUT2D eigenvalue weighted by molar-refractivity contribution is 9.10. The summed E-state index contributed by atoms with van der Waals surface area (Å²) in [4.78, 5) is 12.2. The molecular formula is C26H29BrN2O3. The first-order valence-corrected chi connectivity index (χ1v) is 11.9. The lowest BCUT2D eigenvalue weighted by molar-refractivity contribution is -0.121. The van der Waals surface area contributed by atoms with Crippen LogP contribution in [0.5, 0.6) is 5.75 Å². The van der Waals surface area contributed by atoms with Crippen LogP contribution >= 0.6 is 15.9 Å². The number of rotatable bonds is 8. The summed E-state index contributed by atoms with van der Waals surface area (Å²) < 4.78 is 7.35. The number of carbonyl (C=O) groups is 1. The Bertz CT molecular complexity index is 984. The molecular weight excluding hydrogens is 468 g/mol. The minimum Gasteiger partial charge on any atom is -0.487 e. The van der Waals surface area contributed by atoms with Gasteiger partial charge >= 0.3 is 0 Å². The number of nitrogens with one attached hydrogen (secondary N) is 2. The number of amides is 1. The molecule has 5 nitrogen and oxygen atoms in total. The zero-order valence-corrected chi connectivity index (χ0v) is 19.6. The molecule has 0 bridgehead atoms. The van der Waals surface area contributed by atoms with Crippen molar-refractivity contribution in [1.29, 1.82) is 0 Å². The van der Waals surface area contributed by atoms with Crippen LogP contribution in [0.25, 0.3) is 0 Å². The molecule has 2 aromatic rings. The summed E-state index contributed by atoms with van der Waals surface area (Å²) in [5, 5.41) is 17.5. The van der Waals surface area contributed by atoms with Crippen LogP contribution in [-0.4, -0.2) is 35.3 Å². The molecule has 168 valence electrons. The molecule has 1 heterocycles. The number of halogens is 1. The van der Waals surface area contributed by atoms with E-state index in [2.05, 4.69) is 38.6 Å². The molecule has 0 aromatic heterocycles. The quantitative estimate of drug-likeness (QED) is 0.484. The van der Waals surface area contributed by atoms with Gasteiger partial charge in [0, 0.05) is 29.0 Å². The first-order valence-electron chi connectivity index (χ1n) is 11.1. The topological polar surface area (TPSA) is 70.6 Å². The lowest BCUT2D eigenvalue weighted by atomic mass is 9.73. The second-order valence-corrected chi connectivity index (χ2v) is 9.71. The number of hydrogen-bond acceptors (Lipinski definition) is 4. The third-order valence-electron chi connectivity index (χ3n) is 6.46. The van der Waals surface area contributed by atoms with E-state index in [1.54, 1.807) is 0 Å². The van der Waals surface area contributed by atoms with Crippen LogP contribution in [0.4, 0.5) is 0 Å². The molecule has 1 fully saturated rings. The highest BCUT2D eigenvalue weighted by Crippen LogP contribution is 2.49. The van der Waals surface area contributed by atoms with Crippen LogP contribution in [0.1, 0.15) is 49.3 Å². The van der Waals surface area contributed by atoms with E-state index in [9.17, 15) is 9.90 Å². The fourth-order valence-electron chi connectivity index (χ4n) is 4.61. The Morgan fingerprint density at radius 3 is 2.75 bits per heavy atom. The first kappa shape index (κ1) is 22.8. The molecule has 2 aliphatic rings. The maximum Gasteiger partial charge on any atom is 0.232 e. The van der Waals surface area contributed by atoms with Gasteiger partial charge in [0.2, 0.25) is 5.91 Å². The third kappa shape index (κ3) is 5.35. The van der Waals surface area contributed by atoms with Gasteiger partial charge in [-0.25, -0.2) is 0 Å². The van der Waals surface area contributed by atoms with Gasteiger partial charge in [0.1, 0.15) is 11.4 Å². The van der Waals surface area contributed by atoms with Crippen molar-refractivity contribution in [1.82, 2.24) is 10.6 Å². The fourth-order valence-corrected chi connectivity index (χ4v) is 4.99. The molecule has 1 saturated carbocycles. The van der Waals surface area contributed by atoms with Gasteiger partial charge in [0.05, 0.1) is 18.6 Å². The smallest absolute Gasteiger partial charge is 0.232 e. The van der Waals surface area contributed by atoms with Crippen LogP contribution in [0.3, 0.4) is 0 Å². The predicted octanol–water partition coefficient (Wildman–Crippen LogP) is 3.90. The van der Waals surface area contributed by atoms with E-state index >= 15 is 0 Å². The summed E-state index contributed by atoms with van der Waals surface area (Å²) >= 11 is 3.56. The summed E-state index contributed by atoms with van der Waals surface area (Å²) in [6.45, 7) is 0.348. The van der Waals surface area contributed by atoms with Crippen LogP contribution in [-0.2, 0) is 11.2 Å². The average Bonchev–Trinajstić information content (AvgIpc) is 2.76. The molecule has 1 aliphatic heterocycles. The zero-order chi connectivity index (χ0) is 22.6. The second-order valence-electron chi connectivity index (χ2n) is 8.80. The molecule has 2 aromatic carbocycles. The summed E-state index contributed by atoms with van der Waals surface area (Å²) in [7, 11) is 0. The number of aliphatic hydroxyl groups is 1. The number of ether oxygens (including phenoxy) is 1. The summed E-state index contributed by atoms with van der Waals surface area (Å²) in [5.74, 6) is 3.03. The van der Waals surface area contributed by atoms with E-state index in [-0.39, 0.29) is 24.0 Å². The van der Waals surface area contributed by atoms with Crippen LogP contribution in [0.15, 0.2) is 53.0 Å². The van der Waals surface area contributed by atoms with Gasteiger partial charge < -0.3 is 20.5 Å². The molecule has 0 radical (unpaired) electrons. The Hall–Kier alpha value is -2.33. The Morgan fingerprint density at radius 1 is 1.28 bits per heavy atom. The summed E-state index contributed by atoms with van der Waals surface area (Å²) in [6.07, 6.45) is 9.21. The van der Waals surface area contributed by atoms with Gasteiger partial charge in [-0.3, -0.25) is 4.79 Å². The van der Waals surface area contributed by atoms with Crippen molar-refractivity contribution in [3.05, 3.63) is 64.1 Å². The fraction of sp³-hybridized carbons (Fsp3) is 0.423. The largest absolute Gasteiger partial charge is 0.487 e. The second kappa shape index (κ2) is 10.1. The minimum atomic E-state index is -0.771. The third-order valence-corrected chi connectivity index (χ3v) is 6.95. The molecule has 6 heteroatoms.